The van der Waals surface area contributed by atoms with Crippen molar-refractivity contribution in [3.8, 4) is 5.75 Å². The number of halogens is 1. The molecule has 0 radical (unpaired) electrons. The summed E-state index contributed by atoms with van der Waals surface area (Å²) in [5, 5.41) is 2.66. The molecule has 1 aliphatic heterocycles. The molecule has 1 amide bonds. The predicted molar refractivity (Wildman–Crippen MR) is 75.3 cm³/mol. The average Bonchev–Trinajstić information content (AvgIpc) is 2.41. The van der Waals surface area contributed by atoms with Crippen molar-refractivity contribution >= 4 is 17.5 Å². The number of aryl methyl sites for hydroxylation is 1. The lowest BCUT2D eigenvalue weighted by atomic mass is 10.2. The van der Waals surface area contributed by atoms with Crippen LogP contribution in [0.15, 0.2) is 18.2 Å². The minimum atomic E-state index is -0.116. The maximum absolute atomic E-state index is 11.7. The molecule has 0 atom stereocenters. The summed E-state index contributed by atoms with van der Waals surface area (Å²) < 4.78 is 5.45. The van der Waals surface area contributed by atoms with E-state index in [1.165, 1.54) is 6.42 Å². The number of hydrogen-bond acceptors (Lipinski definition) is 3. The zero-order valence-corrected chi connectivity index (χ0v) is 11.9. The van der Waals surface area contributed by atoms with Gasteiger partial charge in [0.25, 0.3) is 5.91 Å². The Kier molecular flexibility index (Phi) is 5.05. The first-order valence-corrected chi connectivity index (χ1v) is 6.96. The molecule has 0 aliphatic carbocycles. The molecule has 4 nitrogen and oxygen atoms in total. The van der Waals surface area contributed by atoms with Crippen LogP contribution in [0.4, 0.5) is 0 Å². The molecule has 1 aromatic rings. The highest BCUT2D eigenvalue weighted by Crippen LogP contribution is 2.20. The van der Waals surface area contributed by atoms with Gasteiger partial charge in [0.1, 0.15) is 5.75 Å². The third-order valence-corrected chi connectivity index (χ3v) is 3.56. The highest BCUT2D eigenvalue weighted by atomic mass is 35.5. The van der Waals surface area contributed by atoms with E-state index in [1.807, 2.05) is 18.0 Å². The van der Waals surface area contributed by atoms with Gasteiger partial charge in [0.2, 0.25) is 0 Å². The number of piperidine rings is 1. The van der Waals surface area contributed by atoms with E-state index in [0.29, 0.717) is 10.8 Å². The zero-order valence-electron chi connectivity index (χ0n) is 11.1. The molecule has 0 spiro atoms. The summed E-state index contributed by atoms with van der Waals surface area (Å²) in [6.07, 6.45) is 3.52. The maximum atomic E-state index is 11.7. The van der Waals surface area contributed by atoms with Crippen LogP contribution in [0.5, 0.6) is 5.75 Å². The SMILES string of the molecule is Cc1cc(OCC(=O)NN2CCCCC2)ccc1Cl. The molecule has 0 unspecified atom stereocenters. The van der Waals surface area contributed by atoms with E-state index in [0.717, 1.165) is 31.5 Å². The average molecular weight is 283 g/mol. The third kappa shape index (κ3) is 4.40. The normalized spacial score (nSPS) is 16.1. The molecule has 1 heterocycles. The summed E-state index contributed by atoms with van der Waals surface area (Å²) >= 11 is 5.93. The number of hydrazine groups is 1. The van der Waals surface area contributed by atoms with Crippen LogP contribution in [0.3, 0.4) is 0 Å². The summed E-state index contributed by atoms with van der Waals surface area (Å²) in [7, 11) is 0. The summed E-state index contributed by atoms with van der Waals surface area (Å²) in [6.45, 7) is 3.78. The van der Waals surface area contributed by atoms with Gasteiger partial charge in [0, 0.05) is 18.1 Å². The quantitative estimate of drug-likeness (QED) is 0.923. The van der Waals surface area contributed by atoms with Gasteiger partial charge in [-0.3, -0.25) is 10.2 Å². The minimum Gasteiger partial charge on any atom is -0.484 e. The summed E-state index contributed by atoms with van der Waals surface area (Å²) in [6, 6.07) is 5.37. The summed E-state index contributed by atoms with van der Waals surface area (Å²) in [5.41, 5.74) is 3.80. The third-order valence-electron chi connectivity index (χ3n) is 3.14. The number of carbonyl (C=O) groups excluding carboxylic acids is 1. The van der Waals surface area contributed by atoms with E-state index in [4.69, 9.17) is 16.3 Å². The van der Waals surface area contributed by atoms with Crippen LogP contribution < -0.4 is 10.2 Å². The molecule has 104 valence electrons. The van der Waals surface area contributed by atoms with Crippen LogP contribution in [0.2, 0.25) is 5.02 Å². The largest absolute Gasteiger partial charge is 0.484 e. The number of nitrogens with one attached hydrogen (secondary N) is 1. The number of rotatable bonds is 4. The molecule has 0 aromatic heterocycles. The van der Waals surface area contributed by atoms with Crippen molar-refractivity contribution in [3.05, 3.63) is 28.8 Å². The molecule has 1 aromatic carbocycles. The topological polar surface area (TPSA) is 41.6 Å². The Bertz CT molecular complexity index is 445. The van der Waals surface area contributed by atoms with Gasteiger partial charge in [-0.1, -0.05) is 18.0 Å². The van der Waals surface area contributed by atoms with Crippen molar-refractivity contribution in [1.82, 2.24) is 10.4 Å². The van der Waals surface area contributed by atoms with Crippen LogP contribution in [-0.4, -0.2) is 30.6 Å². The standard InChI is InChI=1S/C14H19ClN2O2/c1-11-9-12(5-6-13(11)15)19-10-14(18)16-17-7-3-2-4-8-17/h5-6,9H,2-4,7-8,10H2,1H3,(H,16,18). The lowest BCUT2D eigenvalue weighted by Gasteiger charge is -2.26. The Balaban J connectivity index is 1.77. The van der Waals surface area contributed by atoms with E-state index in [2.05, 4.69) is 5.43 Å². The van der Waals surface area contributed by atoms with Gasteiger partial charge in [-0.2, -0.15) is 0 Å². The lowest BCUT2D eigenvalue weighted by molar-refractivity contribution is -0.128. The van der Waals surface area contributed by atoms with Crippen molar-refractivity contribution in [2.45, 2.75) is 26.2 Å². The second-order valence-corrected chi connectivity index (χ2v) is 5.19. The lowest BCUT2D eigenvalue weighted by Crippen LogP contribution is -2.46. The highest BCUT2D eigenvalue weighted by Gasteiger charge is 2.13. The second-order valence-electron chi connectivity index (χ2n) is 4.78. The van der Waals surface area contributed by atoms with Crippen LogP contribution in [0, 0.1) is 6.92 Å². The van der Waals surface area contributed by atoms with E-state index >= 15 is 0 Å². The van der Waals surface area contributed by atoms with Crippen LogP contribution in [-0.2, 0) is 4.79 Å². The number of ether oxygens (including phenoxy) is 1. The predicted octanol–water partition coefficient (Wildman–Crippen LogP) is 2.54. The van der Waals surface area contributed by atoms with Crippen molar-refractivity contribution in [1.29, 1.82) is 0 Å². The second kappa shape index (κ2) is 6.78. The van der Waals surface area contributed by atoms with Gasteiger partial charge in [0.05, 0.1) is 0 Å². The minimum absolute atomic E-state index is 0.0254. The number of carbonyl (C=O) groups is 1. The maximum Gasteiger partial charge on any atom is 0.272 e. The number of benzene rings is 1. The van der Waals surface area contributed by atoms with E-state index in [-0.39, 0.29) is 12.5 Å². The first-order chi connectivity index (χ1) is 9.15. The summed E-state index contributed by atoms with van der Waals surface area (Å²) in [5.74, 6) is 0.546. The smallest absolute Gasteiger partial charge is 0.272 e. The van der Waals surface area contributed by atoms with E-state index in [9.17, 15) is 4.79 Å². The molecular formula is C14H19ClN2O2. The Morgan fingerprint density at radius 2 is 2.11 bits per heavy atom. The first kappa shape index (κ1) is 14.2. The van der Waals surface area contributed by atoms with Crippen LogP contribution >= 0.6 is 11.6 Å². The molecule has 0 bridgehead atoms. The van der Waals surface area contributed by atoms with Gasteiger partial charge < -0.3 is 4.74 Å². The fourth-order valence-corrected chi connectivity index (χ4v) is 2.19. The Morgan fingerprint density at radius 1 is 1.37 bits per heavy atom. The van der Waals surface area contributed by atoms with Gasteiger partial charge in [-0.25, -0.2) is 5.01 Å². The van der Waals surface area contributed by atoms with Gasteiger partial charge in [-0.15, -0.1) is 0 Å². The van der Waals surface area contributed by atoms with Crippen molar-refractivity contribution in [2.75, 3.05) is 19.7 Å². The Hall–Kier alpha value is -1.26. The van der Waals surface area contributed by atoms with Gasteiger partial charge in [0.15, 0.2) is 6.61 Å². The van der Waals surface area contributed by atoms with Crippen molar-refractivity contribution < 1.29 is 9.53 Å². The Morgan fingerprint density at radius 3 is 2.79 bits per heavy atom. The number of amides is 1. The molecule has 5 heteroatoms. The van der Waals surface area contributed by atoms with E-state index in [1.54, 1.807) is 12.1 Å². The molecule has 1 fully saturated rings. The zero-order chi connectivity index (χ0) is 13.7. The molecule has 19 heavy (non-hydrogen) atoms. The molecule has 1 aliphatic rings. The van der Waals surface area contributed by atoms with E-state index < -0.39 is 0 Å². The molecule has 2 rings (SSSR count). The van der Waals surface area contributed by atoms with Crippen molar-refractivity contribution in [3.63, 3.8) is 0 Å². The monoisotopic (exact) mass is 282 g/mol. The van der Waals surface area contributed by atoms with Crippen molar-refractivity contribution in [2.24, 2.45) is 0 Å². The summed E-state index contributed by atoms with van der Waals surface area (Å²) in [4.78, 5) is 11.7. The van der Waals surface area contributed by atoms with Gasteiger partial charge >= 0.3 is 0 Å². The number of hydrogen-bond donors (Lipinski definition) is 1. The fraction of sp³-hybridized carbons (Fsp3) is 0.500. The number of nitrogens with zero attached hydrogens (tertiary/aromatic N) is 1. The Labute approximate surface area is 118 Å². The molecule has 0 saturated carbocycles. The van der Waals surface area contributed by atoms with Crippen LogP contribution in [0.1, 0.15) is 24.8 Å². The molecule has 1 N–H and O–H groups in total. The van der Waals surface area contributed by atoms with Crippen LogP contribution in [0.25, 0.3) is 0 Å². The fourth-order valence-electron chi connectivity index (χ4n) is 2.07. The molecule has 1 saturated heterocycles. The van der Waals surface area contributed by atoms with Gasteiger partial charge in [-0.05, 0) is 43.5 Å². The first-order valence-electron chi connectivity index (χ1n) is 6.58. The highest BCUT2D eigenvalue weighted by molar-refractivity contribution is 6.31. The molecular weight excluding hydrogens is 264 g/mol.